The Labute approximate surface area is 217 Å². The van der Waals surface area contributed by atoms with Crippen LogP contribution in [0.25, 0.3) is 0 Å². The zero-order valence-corrected chi connectivity index (χ0v) is 22.4. The third kappa shape index (κ3) is 6.85. The molecule has 1 saturated heterocycles. The first kappa shape index (κ1) is 26.9. The fraction of sp³-hybridized carbons (Fsp3) is 0.500. The van der Waals surface area contributed by atoms with Gasteiger partial charge in [0.15, 0.2) is 0 Å². The minimum atomic E-state index is -4.19. The maximum absolute atomic E-state index is 13.2. The van der Waals surface area contributed by atoms with Crippen LogP contribution in [0.2, 0.25) is 5.02 Å². The third-order valence-electron chi connectivity index (χ3n) is 5.31. The number of hydrogen-bond acceptors (Lipinski definition) is 5. The Balaban J connectivity index is 0.00000272. The Morgan fingerprint density at radius 2 is 2.06 bits per heavy atom. The smallest absolute Gasteiger partial charge is 1.00 e. The summed E-state index contributed by atoms with van der Waals surface area (Å²) < 4.78 is 36.6. The molecule has 32 heavy (non-hydrogen) atoms. The van der Waals surface area contributed by atoms with Crippen LogP contribution in [0.4, 0.5) is 16.2 Å². The molecule has 0 spiro atoms. The standard InChI is InChI=1S/C20H28ClN5O4S.Na.H/c1-4-14(2)15-9-16(21)11-17(10-15)23-20(27)24-31(28,29)26(18-5-7-30-8-6-18)19-12-22-25(3)13-19;;/h9-14,18H,4-8H2,1-3H3,(H2,23,24,27);;/q;+1;-1. The number of halogens is 1. The zero-order valence-electron chi connectivity index (χ0n) is 19.8. The van der Waals surface area contributed by atoms with E-state index < -0.39 is 16.2 Å². The van der Waals surface area contributed by atoms with E-state index in [9.17, 15) is 13.2 Å². The summed E-state index contributed by atoms with van der Waals surface area (Å²) in [7, 11) is -2.49. The molecule has 0 bridgehead atoms. The number of amides is 2. The molecule has 172 valence electrons. The topological polar surface area (TPSA) is 106 Å². The van der Waals surface area contributed by atoms with Crippen molar-refractivity contribution < 1.29 is 48.9 Å². The van der Waals surface area contributed by atoms with Crippen LogP contribution in [0.3, 0.4) is 0 Å². The monoisotopic (exact) mass is 493 g/mol. The van der Waals surface area contributed by atoms with Crippen molar-refractivity contribution in [3.63, 3.8) is 0 Å². The van der Waals surface area contributed by atoms with Gasteiger partial charge in [-0.1, -0.05) is 25.4 Å². The van der Waals surface area contributed by atoms with Crippen molar-refractivity contribution in [1.29, 1.82) is 0 Å². The molecule has 2 N–H and O–H groups in total. The molecular formula is C20H29ClN5NaO4S. The van der Waals surface area contributed by atoms with Gasteiger partial charge in [-0.15, -0.1) is 0 Å². The molecule has 1 aromatic carbocycles. The number of rotatable bonds is 7. The summed E-state index contributed by atoms with van der Waals surface area (Å²) >= 11 is 6.18. The van der Waals surface area contributed by atoms with Gasteiger partial charge in [-0.05, 0) is 48.9 Å². The van der Waals surface area contributed by atoms with E-state index in [2.05, 4.69) is 29.0 Å². The summed E-state index contributed by atoms with van der Waals surface area (Å²) in [6.07, 6.45) is 5.00. The number of nitrogens with one attached hydrogen (secondary N) is 2. The number of ether oxygens (including phenoxy) is 1. The second-order valence-corrected chi connectivity index (χ2v) is 9.64. The molecular weight excluding hydrogens is 465 g/mol. The summed E-state index contributed by atoms with van der Waals surface area (Å²) in [5.41, 5.74) is 1.78. The van der Waals surface area contributed by atoms with Gasteiger partial charge >= 0.3 is 45.8 Å². The van der Waals surface area contributed by atoms with Gasteiger partial charge in [0.1, 0.15) is 0 Å². The molecule has 1 aliphatic rings. The van der Waals surface area contributed by atoms with Gasteiger partial charge in [0.25, 0.3) is 0 Å². The number of aromatic nitrogens is 2. The van der Waals surface area contributed by atoms with Gasteiger partial charge in [0.2, 0.25) is 0 Å². The normalized spacial score (nSPS) is 15.5. The first-order valence-electron chi connectivity index (χ1n) is 10.2. The fourth-order valence-electron chi connectivity index (χ4n) is 3.52. The molecule has 9 nitrogen and oxygen atoms in total. The molecule has 2 aromatic rings. The molecule has 0 radical (unpaired) electrons. The van der Waals surface area contributed by atoms with Crippen molar-refractivity contribution in [3.8, 4) is 0 Å². The first-order chi connectivity index (χ1) is 14.7. The number of benzene rings is 1. The molecule has 0 saturated carbocycles. The largest absolute Gasteiger partial charge is 1.00 e. The predicted octanol–water partition coefficient (Wildman–Crippen LogP) is 0.755. The predicted molar refractivity (Wildman–Crippen MR) is 122 cm³/mol. The summed E-state index contributed by atoms with van der Waals surface area (Å²) in [4.78, 5) is 12.6. The Bertz CT molecular complexity index is 1030. The minimum Gasteiger partial charge on any atom is -1.00 e. The quantitative estimate of drug-likeness (QED) is 0.554. The van der Waals surface area contributed by atoms with Gasteiger partial charge in [-0.3, -0.25) is 4.68 Å². The average Bonchev–Trinajstić information content (AvgIpc) is 3.12. The van der Waals surface area contributed by atoms with Gasteiger partial charge in [0, 0.05) is 37.2 Å². The van der Waals surface area contributed by atoms with Crippen molar-refractivity contribution in [2.45, 2.75) is 45.1 Å². The molecule has 2 amide bonds. The van der Waals surface area contributed by atoms with E-state index in [0.29, 0.717) is 42.5 Å². The van der Waals surface area contributed by atoms with Crippen LogP contribution >= 0.6 is 11.6 Å². The maximum Gasteiger partial charge on any atom is 1.00 e. The summed E-state index contributed by atoms with van der Waals surface area (Å²) in [5, 5.41) is 7.13. The van der Waals surface area contributed by atoms with Crippen molar-refractivity contribution in [2.75, 3.05) is 22.8 Å². The Hall–Kier alpha value is -1.30. The summed E-state index contributed by atoms with van der Waals surface area (Å²) in [6, 6.07) is 4.01. The first-order valence-corrected chi connectivity index (χ1v) is 12.0. The number of urea groups is 1. The number of hydrogen-bond donors (Lipinski definition) is 2. The molecule has 2 heterocycles. The Morgan fingerprint density at radius 1 is 1.38 bits per heavy atom. The van der Waals surface area contributed by atoms with Crippen molar-refractivity contribution in [3.05, 3.63) is 41.2 Å². The van der Waals surface area contributed by atoms with E-state index in [4.69, 9.17) is 16.3 Å². The number of aryl methyl sites for hydroxylation is 1. The van der Waals surface area contributed by atoms with E-state index in [1.54, 1.807) is 25.4 Å². The van der Waals surface area contributed by atoms with Gasteiger partial charge in [0.05, 0.1) is 17.9 Å². The van der Waals surface area contributed by atoms with E-state index in [1.807, 2.05) is 6.07 Å². The Morgan fingerprint density at radius 3 is 2.66 bits per heavy atom. The molecule has 1 aromatic heterocycles. The van der Waals surface area contributed by atoms with Crippen molar-refractivity contribution in [1.82, 2.24) is 14.5 Å². The van der Waals surface area contributed by atoms with E-state index in [-0.39, 0.29) is 42.9 Å². The van der Waals surface area contributed by atoms with Crippen LogP contribution in [-0.4, -0.2) is 43.5 Å². The fourth-order valence-corrected chi connectivity index (χ4v) is 5.12. The van der Waals surface area contributed by atoms with E-state index in [1.165, 1.54) is 15.2 Å². The van der Waals surface area contributed by atoms with E-state index >= 15 is 0 Å². The number of carbonyl (C=O) groups is 1. The van der Waals surface area contributed by atoms with Crippen LogP contribution < -0.4 is 43.9 Å². The van der Waals surface area contributed by atoms with Crippen LogP contribution in [0.1, 0.15) is 46.0 Å². The maximum atomic E-state index is 13.2. The number of anilines is 2. The molecule has 1 unspecified atom stereocenters. The number of carbonyl (C=O) groups excluding carboxylic acids is 1. The van der Waals surface area contributed by atoms with E-state index in [0.717, 1.165) is 12.0 Å². The summed E-state index contributed by atoms with van der Waals surface area (Å²) in [5.74, 6) is 0.251. The molecule has 1 aliphatic heterocycles. The zero-order chi connectivity index (χ0) is 22.6. The van der Waals surface area contributed by atoms with Crippen molar-refractivity contribution >= 4 is 39.2 Å². The molecule has 1 atom stereocenters. The third-order valence-corrected chi connectivity index (χ3v) is 7.00. The molecule has 3 rings (SSSR count). The number of nitrogens with zero attached hydrogens (tertiary/aromatic N) is 3. The second-order valence-electron chi connectivity index (χ2n) is 7.66. The van der Waals surface area contributed by atoms with Gasteiger partial charge in [-0.2, -0.15) is 13.5 Å². The molecule has 1 fully saturated rings. The second kappa shape index (κ2) is 11.7. The average molecular weight is 494 g/mol. The minimum absolute atomic E-state index is 0. The van der Waals surface area contributed by atoms with Crippen LogP contribution in [0, 0.1) is 0 Å². The molecule has 12 heteroatoms. The van der Waals surface area contributed by atoms with Crippen LogP contribution in [-0.2, 0) is 22.0 Å². The summed E-state index contributed by atoms with van der Waals surface area (Å²) in [6.45, 7) is 5.01. The SMILES string of the molecule is CCC(C)c1cc(Cl)cc(NC(=O)NS(=O)(=O)N(c2cnn(C)c2)C2CCOCC2)c1.[H-].[Na+]. The van der Waals surface area contributed by atoms with Crippen LogP contribution in [0.15, 0.2) is 30.6 Å². The Kier molecular flexibility index (Phi) is 9.86. The van der Waals surface area contributed by atoms with Gasteiger partial charge < -0.3 is 11.5 Å². The van der Waals surface area contributed by atoms with Gasteiger partial charge in [-0.25, -0.2) is 13.8 Å². The van der Waals surface area contributed by atoms with Crippen LogP contribution in [0.5, 0.6) is 0 Å². The van der Waals surface area contributed by atoms with Crippen molar-refractivity contribution in [2.24, 2.45) is 7.05 Å². The molecule has 0 aliphatic carbocycles.